The van der Waals surface area contributed by atoms with E-state index in [0.717, 1.165) is 66.6 Å². The number of fused-ring (bicyclic) bond motifs is 4. The predicted molar refractivity (Wildman–Crippen MR) is 166 cm³/mol. The Hall–Kier alpha value is -3.23. The molecular formula is C32H32ClN5OS. The molecule has 8 heteroatoms. The number of aromatic nitrogens is 2. The zero-order chi connectivity index (χ0) is 27.2. The number of nitrogens with zero attached hydrogens (tertiary/aromatic N) is 5. The molecule has 40 heavy (non-hydrogen) atoms. The molecule has 6 nitrogen and oxygen atoms in total. The van der Waals surface area contributed by atoms with Crippen LogP contribution < -0.4 is 10.5 Å². The first-order valence-corrected chi connectivity index (χ1v) is 15.2. The van der Waals surface area contributed by atoms with E-state index in [4.69, 9.17) is 16.6 Å². The van der Waals surface area contributed by atoms with Crippen LogP contribution in [0, 0.1) is 0 Å². The topological polar surface area (TPSA) is 44.6 Å². The van der Waals surface area contributed by atoms with Gasteiger partial charge in [-0.1, -0.05) is 60.1 Å². The summed E-state index contributed by atoms with van der Waals surface area (Å²) < 4.78 is 1.82. The Balaban J connectivity index is 1.02. The fourth-order valence-electron chi connectivity index (χ4n) is 6.20. The number of benzene rings is 3. The summed E-state index contributed by atoms with van der Waals surface area (Å²) in [5.41, 5.74) is 3.81. The molecule has 2 aromatic heterocycles. The molecule has 0 saturated carbocycles. The minimum atomic E-state index is 0.0953. The van der Waals surface area contributed by atoms with Crippen molar-refractivity contribution in [1.82, 2.24) is 19.4 Å². The summed E-state index contributed by atoms with van der Waals surface area (Å²) in [5.74, 6) is 0. The number of hydrogen-bond acceptors (Lipinski definition) is 6. The third-order valence-electron chi connectivity index (χ3n) is 8.61. The molecule has 0 spiro atoms. The van der Waals surface area contributed by atoms with Crippen LogP contribution >= 0.6 is 22.9 Å². The molecule has 0 radical (unpaired) electrons. The minimum absolute atomic E-state index is 0.0953. The van der Waals surface area contributed by atoms with Crippen LogP contribution in [0.2, 0.25) is 5.02 Å². The van der Waals surface area contributed by atoms with Gasteiger partial charge in [0.05, 0.1) is 11.7 Å². The lowest BCUT2D eigenvalue weighted by molar-refractivity contribution is 0.216. The summed E-state index contributed by atoms with van der Waals surface area (Å²) in [6.07, 6.45) is 1.75. The highest BCUT2D eigenvalue weighted by Crippen LogP contribution is 2.38. The minimum Gasteiger partial charge on any atom is -0.368 e. The van der Waals surface area contributed by atoms with E-state index in [-0.39, 0.29) is 11.6 Å². The first-order valence-electron chi connectivity index (χ1n) is 14.0. The van der Waals surface area contributed by atoms with E-state index in [9.17, 15) is 4.79 Å². The van der Waals surface area contributed by atoms with Gasteiger partial charge in [-0.05, 0) is 41.6 Å². The van der Waals surface area contributed by atoms with Crippen molar-refractivity contribution < 1.29 is 0 Å². The average molecular weight is 570 g/mol. The van der Waals surface area contributed by atoms with Gasteiger partial charge in [-0.2, -0.15) is 0 Å². The van der Waals surface area contributed by atoms with Crippen LogP contribution in [0.4, 0.5) is 5.69 Å². The lowest BCUT2D eigenvalue weighted by atomic mass is 10.1. The van der Waals surface area contributed by atoms with E-state index in [1.165, 1.54) is 26.9 Å². The molecule has 0 aliphatic carbocycles. The summed E-state index contributed by atoms with van der Waals surface area (Å²) in [5, 5.41) is 4.16. The number of rotatable bonds is 6. The van der Waals surface area contributed by atoms with Crippen LogP contribution in [-0.2, 0) is 19.6 Å². The lowest BCUT2D eigenvalue weighted by Gasteiger charge is -2.36. The molecule has 3 aromatic carbocycles. The van der Waals surface area contributed by atoms with Crippen molar-refractivity contribution in [3.63, 3.8) is 0 Å². The van der Waals surface area contributed by atoms with E-state index in [1.54, 1.807) is 17.7 Å². The molecule has 0 bridgehead atoms. The quantitative estimate of drug-likeness (QED) is 0.245. The molecule has 1 fully saturated rings. The number of piperazine rings is 1. The maximum absolute atomic E-state index is 13.6. The number of thiophene rings is 1. The first kappa shape index (κ1) is 25.7. The highest BCUT2D eigenvalue weighted by Gasteiger charge is 2.30. The summed E-state index contributed by atoms with van der Waals surface area (Å²) >= 11 is 7.76. The van der Waals surface area contributed by atoms with Gasteiger partial charge >= 0.3 is 0 Å². The molecule has 7 rings (SSSR count). The normalized spacial score (nSPS) is 17.1. The Kier molecular flexibility index (Phi) is 6.84. The van der Waals surface area contributed by atoms with Crippen LogP contribution in [0.3, 0.4) is 0 Å². The second-order valence-electron chi connectivity index (χ2n) is 10.9. The molecule has 1 saturated heterocycles. The zero-order valence-corrected chi connectivity index (χ0v) is 24.2. The Labute approximate surface area is 243 Å². The summed E-state index contributed by atoms with van der Waals surface area (Å²) in [4.78, 5) is 27.9. The van der Waals surface area contributed by atoms with E-state index in [0.29, 0.717) is 6.54 Å². The number of hydrogen-bond donors (Lipinski definition) is 0. The van der Waals surface area contributed by atoms with Crippen molar-refractivity contribution in [2.45, 2.75) is 32.6 Å². The van der Waals surface area contributed by atoms with Gasteiger partial charge < -0.3 is 4.90 Å². The molecule has 4 heterocycles. The predicted octanol–water partition coefficient (Wildman–Crippen LogP) is 6.16. The summed E-state index contributed by atoms with van der Waals surface area (Å²) in [7, 11) is 0. The van der Waals surface area contributed by atoms with E-state index in [1.807, 2.05) is 16.7 Å². The zero-order valence-electron chi connectivity index (χ0n) is 22.6. The average Bonchev–Trinajstić information content (AvgIpc) is 3.55. The van der Waals surface area contributed by atoms with Gasteiger partial charge in [0.1, 0.15) is 4.83 Å². The van der Waals surface area contributed by atoms with Crippen LogP contribution in [0.1, 0.15) is 29.0 Å². The van der Waals surface area contributed by atoms with Gasteiger partial charge in [0.2, 0.25) is 0 Å². The Morgan fingerprint density at radius 2 is 1.70 bits per heavy atom. The molecule has 1 unspecified atom stereocenters. The Morgan fingerprint density at radius 3 is 2.52 bits per heavy atom. The van der Waals surface area contributed by atoms with Gasteiger partial charge in [-0.15, -0.1) is 11.3 Å². The monoisotopic (exact) mass is 569 g/mol. The van der Waals surface area contributed by atoms with Crippen LogP contribution in [0.25, 0.3) is 21.0 Å². The second-order valence-corrected chi connectivity index (χ2v) is 12.4. The molecule has 1 atom stereocenters. The lowest BCUT2D eigenvalue weighted by Crippen LogP contribution is -2.47. The van der Waals surface area contributed by atoms with E-state index >= 15 is 0 Å². The highest BCUT2D eigenvalue weighted by atomic mass is 35.5. The maximum atomic E-state index is 13.6. The number of halogens is 1. The highest BCUT2D eigenvalue weighted by molar-refractivity contribution is 7.18. The maximum Gasteiger partial charge on any atom is 0.262 e. The third-order valence-corrected chi connectivity index (χ3v) is 9.98. The summed E-state index contributed by atoms with van der Waals surface area (Å²) in [6, 6.07) is 23.5. The smallest absolute Gasteiger partial charge is 0.262 e. The van der Waals surface area contributed by atoms with Crippen molar-refractivity contribution in [3.8, 4) is 0 Å². The Morgan fingerprint density at radius 1 is 0.925 bits per heavy atom. The van der Waals surface area contributed by atoms with Crippen molar-refractivity contribution >= 4 is 49.6 Å². The van der Waals surface area contributed by atoms with Gasteiger partial charge in [0.25, 0.3) is 5.56 Å². The fraction of sp³-hybridized carbons (Fsp3) is 0.312. The second kappa shape index (κ2) is 10.6. The molecule has 2 aliphatic rings. The van der Waals surface area contributed by atoms with Gasteiger partial charge in [0.15, 0.2) is 0 Å². The van der Waals surface area contributed by atoms with Gasteiger partial charge in [-0.25, -0.2) is 4.98 Å². The van der Waals surface area contributed by atoms with Crippen molar-refractivity contribution in [2.24, 2.45) is 0 Å². The van der Waals surface area contributed by atoms with E-state index < -0.39 is 0 Å². The van der Waals surface area contributed by atoms with Crippen LogP contribution in [0.5, 0.6) is 0 Å². The third kappa shape index (κ3) is 4.71. The summed E-state index contributed by atoms with van der Waals surface area (Å²) in [6.45, 7) is 9.29. The first-order chi connectivity index (χ1) is 19.5. The molecular weight excluding hydrogens is 538 g/mol. The molecule has 2 aliphatic heterocycles. The SMILES string of the molecule is CC(c1ccc(Cl)cc1)N1Cc2sc3ncn(CCN4CCN(c5cccc6ccccc56)CC4)c(=O)c3c2C1. The fourth-order valence-corrected chi connectivity index (χ4v) is 7.49. The molecule has 204 valence electrons. The molecule has 0 amide bonds. The van der Waals surface area contributed by atoms with Crippen LogP contribution in [-0.4, -0.2) is 52.1 Å². The standard InChI is InChI=1S/C32H32ClN5OS/c1-22(23-9-11-25(33)12-10-23)38-19-27-29(20-38)40-31-30(27)32(39)37(21-34-31)18-15-35-13-16-36(17-14-35)28-8-4-6-24-5-2-3-7-26(24)28/h2-12,21-22H,13-20H2,1H3. The molecule has 5 aromatic rings. The van der Waals surface area contributed by atoms with Crippen molar-refractivity contribution in [2.75, 3.05) is 37.6 Å². The van der Waals surface area contributed by atoms with E-state index in [2.05, 4.69) is 76.2 Å². The molecule has 0 N–H and O–H groups in total. The van der Waals surface area contributed by atoms with Gasteiger partial charge in [0, 0.05) is 79.4 Å². The Bertz CT molecular complexity index is 1730. The van der Waals surface area contributed by atoms with Crippen molar-refractivity contribution in [1.29, 1.82) is 0 Å². The van der Waals surface area contributed by atoms with Gasteiger partial charge in [-0.3, -0.25) is 19.2 Å². The van der Waals surface area contributed by atoms with Crippen LogP contribution in [0.15, 0.2) is 77.9 Å². The number of anilines is 1. The largest absolute Gasteiger partial charge is 0.368 e. The van der Waals surface area contributed by atoms with Crippen molar-refractivity contribution in [3.05, 3.63) is 104 Å².